The zero-order valence-corrected chi connectivity index (χ0v) is 27.3. The second-order valence-corrected chi connectivity index (χ2v) is 15.4. The van der Waals surface area contributed by atoms with E-state index in [1.807, 2.05) is 44.2 Å². The van der Waals surface area contributed by atoms with Crippen LogP contribution in [-0.2, 0) is 4.74 Å². The monoisotopic (exact) mass is 604 g/mol. The van der Waals surface area contributed by atoms with E-state index in [4.69, 9.17) is 4.74 Å². The van der Waals surface area contributed by atoms with Crippen molar-refractivity contribution in [3.05, 3.63) is 59.7 Å². The average molecular weight is 605 g/mol. The number of ketones is 1. The molecular formula is C37H52N2O5. The van der Waals surface area contributed by atoms with E-state index in [0.29, 0.717) is 38.0 Å². The summed E-state index contributed by atoms with van der Waals surface area (Å²) in [5.41, 5.74) is -0.981. The van der Waals surface area contributed by atoms with Crippen molar-refractivity contribution in [3.8, 4) is 0 Å². The van der Waals surface area contributed by atoms with Gasteiger partial charge in [-0.05, 0) is 82.5 Å². The minimum absolute atomic E-state index is 0.00959. The first-order valence-electron chi connectivity index (χ1n) is 16.8. The molecule has 0 radical (unpaired) electrons. The first-order valence-corrected chi connectivity index (χ1v) is 16.8. The number of urea groups is 1. The topological polar surface area (TPSA) is 99.1 Å². The highest BCUT2D eigenvalue weighted by atomic mass is 16.5. The number of amides is 2. The largest absolute Gasteiger partial charge is 0.393 e. The van der Waals surface area contributed by atoms with Crippen LogP contribution in [0.4, 0.5) is 4.79 Å². The van der Waals surface area contributed by atoms with E-state index in [9.17, 15) is 19.8 Å². The number of aliphatic hydroxyl groups excluding tert-OH is 1. The molecule has 6 aliphatic carbocycles. The number of Topliss-reactive ketones (excluding diaryl/α,β-unsaturated/α-hetero) is 1. The minimum Gasteiger partial charge on any atom is -0.393 e. The normalized spacial score (nSPS) is 40.2. The Labute approximate surface area is 263 Å². The second-order valence-electron chi connectivity index (χ2n) is 15.4. The number of aliphatic hydroxyl groups is 2. The third kappa shape index (κ3) is 4.47. The van der Waals surface area contributed by atoms with Crippen molar-refractivity contribution in [3.63, 3.8) is 0 Å². The maximum atomic E-state index is 14.6. The van der Waals surface area contributed by atoms with E-state index in [0.717, 1.165) is 37.7 Å². The summed E-state index contributed by atoms with van der Waals surface area (Å²) in [4.78, 5) is 29.8. The molecule has 3 fully saturated rings. The predicted molar refractivity (Wildman–Crippen MR) is 171 cm³/mol. The van der Waals surface area contributed by atoms with Crippen LogP contribution < -0.4 is 5.32 Å². The Morgan fingerprint density at radius 1 is 1.02 bits per heavy atom. The summed E-state index contributed by atoms with van der Waals surface area (Å²) in [5.74, 6) is 0.353. The van der Waals surface area contributed by atoms with Gasteiger partial charge in [-0.2, -0.15) is 0 Å². The molecule has 0 saturated heterocycles. The molecule has 7 heteroatoms. The summed E-state index contributed by atoms with van der Waals surface area (Å²) in [7, 11) is 1.67. The fraction of sp³-hybridized carbons (Fsp3) is 0.676. The van der Waals surface area contributed by atoms with E-state index in [1.165, 1.54) is 0 Å². The van der Waals surface area contributed by atoms with Crippen molar-refractivity contribution in [1.29, 1.82) is 0 Å². The standard InChI is InChI=1S/C37H52N2O5/c1-25(2)38-32(42)39(20-9-21-44-5)24-36(43)17-14-30-34(36,4)16-13-29-33(3)15-12-27(40)22-35(33)18-19-37(29,30)28(23-35)31(41)26-10-7-6-8-11-26/h6-8,10-11,18-19,23,25,27,29-30,40,43H,9,12-17,20-22,24H2,1-5H3,(H,38,42)/t27?,29-,30-,33-,34+,35+,36-,37-/m1/s1. The van der Waals surface area contributed by atoms with E-state index < -0.39 is 16.4 Å². The third-order valence-corrected chi connectivity index (χ3v) is 12.9. The van der Waals surface area contributed by atoms with Gasteiger partial charge in [0, 0.05) is 53.7 Å². The maximum absolute atomic E-state index is 14.6. The molecule has 3 saturated carbocycles. The smallest absolute Gasteiger partial charge is 0.317 e. The summed E-state index contributed by atoms with van der Waals surface area (Å²) < 4.78 is 5.29. The molecule has 0 heterocycles. The molecule has 240 valence electrons. The zero-order valence-electron chi connectivity index (χ0n) is 27.3. The Balaban J connectivity index is 1.42. The van der Waals surface area contributed by atoms with Crippen molar-refractivity contribution in [2.75, 3.05) is 26.8 Å². The lowest BCUT2D eigenvalue weighted by Gasteiger charge is -2.71. The van der Waals surface area contributed by atoms with Crippen LogP contribution in [0.5, 0.6) is 0 Å². The van der Waals surface area contributed by atoms with Crippen molar-refractivity contribution in [2.45, 2.75) is 96.8 Å². The molecule has 0 aromatic heterocycles. The van der Waals surface area contributed by atoms with Gasteiger partial charge < -0.3 is 25.2 Å². The van der Waals surface area contributed by atoms with Gasteiger partial charge >= 0.3 is 6.03 Å². The lowest BCUT2D eigenvalue weighted by atomic mass is 9.32. The number of hydrogen-bond donors (Lipinski definition) is 3. The van der Waals surface area contributed by atoms with Crippen LogP contribution in [0.15, 0.2) is 54.1 Å². The van der Waals surface area contributed by atoms with Gasteiger partial charge in [0.1, 0.15) is 0 Å². The highest BCUT2D eigenvalue weighted by molar-refractivity contribution is 6.10. The average Bonchev–Trinajstić information content (AvgIpc) is 3.26. The molecule has 6 aliphatic rings. The van der Waals surface area contributed by atoms with Crippen LogP contribution in [0.1, 0.15) is 89.4 Å². The maximum Gasteiger partial charge on any atom is 0.317 e. The van der Waals surface area contributed by atoms with Crippen molar-refractivity contribution in [1.82, 2.24) is 10.2 Å². The van der Waals surface area contributed by atoms with Crippen molar-refractivity contribution < 1.29 is 24.5 Å². The lowest BCUT2D eigenvalue weighted by Crippen LogP contribution is -2.67. The Kier molecular flexibility index (Phi) is 7.94. The zero-order chi connectivity index (χ0) is 31.5. The first-order chi connectivity index (χ1) is 20.9. The minimum atomic E-state index is -1.09. The number of carbonyl (C=O) groups is 2. The fourth-order valence-electron chi connectivity index (χ4n) is 10.6. The quantitative estimate of drug-likeness (QED) is 0.185. The molecule has 2 amide bonds. The Bertz CT molecular complexity index is 1340. The molecule has 7 nitrogen and oxygen atoms in total. The number of carbonyl (C=O) groups excluding carboxylic acids is 2. The second kappa shape index (κ2) is 11.1. The number of nitrogens with zero attached hydrogens (tertiary/aromatic N) is 1. The van der Waals surface area contributed by atoms with E-state index in [1.54, 1.807) is 12.0 Å². The Hall–Kier alpha value is -2.48. The molecule has 1 unspecified atom stereocenters. The molecule has 44 heavy (non-hydrogen) atoms. The molecule has 8 atom stereocenters. The number of rotatable bonds is 9. The van der Waals surface area contributed by atoms with E-state index >= 15 is 0 Å². The molecule has 2 spiro atoms. The molecule has 1 aromatic carbocycles. The summed E-state index contributed by atoms with van der Waals surface area (Å²) >= 11 is 0. The Morgan fingerprint density at radius 2 is 1.70 bits per heavy atom. The van der Waals surface area contributed by atoms with Gasteiger partial charge in [-0.1, -0.05) is 62.4 Å². The molecule has 2 bridgehead atoms. The van der Waals surface area contributed by atoms with Crippen LogP contribution >= 0.6 is 0 Å². The third-order valence-electron chi connectivity index (χ3n) is 12.9. The van der Waals surface area contributed by atoms with Gasteiger partial charge in [-0.3, -0.25) is 4.79 Å². The SMILES string of the molecule is COCCCN(C[C@]1(O)CC[C@H]2[C@]34C=C[C@@]5(C=C3C(=O)c3ccccc3)CC(O)CC[C@]5(C)[C@H]4CC[C@@]21C)C(=O)NC(C)C. The predicted octanol–water partition coefficient (Wildman–Crippen LogP) is 5.92. The van der Waals surface area contributed by atoms with Crippen molar-refractivity contribution >= 4 is 11.8 Å². The van der Waals surface area contributed by atoms with Gasteiger partial charge in [0.15, 0.2) is 5.78 Å². The number of hydrogen-bond acceptors (Lipinski definition) is 5. The lowest BCUT2D eigenvalue weighted by molar-refractivity contribution is -0.174. The summed E-state index contributed by atoms with van der Waals surface area (Å²) in [5, 5.41) is 26.7. The van der Waals surface area contributed by atoms with Gasteiger partial charge in [-0.15, -0.1) is 0 Å². The number of methoxy groups -OCH3 is 1. The number of nitrogens with one attached hydrogen (secondary N) is 1. The molecule has 1 aromatic rings. The number of fused-ring (bicyclic) bond motifs is 1. The van der Waals surface area contributed by atoms with Gasteiger partial charge in [0.05, 0.1) is 18.2 Å². The summed E-state index contributed by atoms with van der Waals surface area (Å²) in [6.45, 7) is 9.84. The number of benzene rings is 1. The molecular weight excluding hydrogens is 552 g/mol. The van der Waals surface area contributed by atoms with Gasteiger partial charge in [-0.25, -0.2) is 4.79 Å². The first kappa shape index (κ1) is 31.5. The highest BCUT2D eigenvalue weighted by Crippen LogP contribution is 2.78. The van der Waals surface area contributed by atoms with Gasteiger partial charge in [0.25, 0.3) is 0 Å². The molecule has 3 N–H and O–H groups in total. The van der Waals surface area contributed by atoms with Crippen LogP contribution in [0.2, 0.25) is 0 Å². The van der Waals surface area contributed by atoms with Gasteiger partial charge in [0.2, 0.25) is 0 Å². The van der Waals surface area contributed by atoms with E-state index in [2.05, 4.69) is 37.4 Å². The van der Waals surface area contributed by atoms with Crippen LogP contribution in [0.3, 0.4) is 0 Å². The van der Waals surface area contributed by atoms with Crippen molar-refractivity contribution in [2.24, 2.45) is 33.5 Å². The summed E-state index contributed by atoms with van der Waals surface area (Å²) in [6, 6.07) is 9.44. The molecule has 7 rings (SSSR count). The molecule has 0 aliphatic heterocycles. The number of allylic oxidation sites excluding steroid dienone is 4. The number of ether oxygens (including phenoxy) is 1. The van der Waals surface area contributed by atoms with Crippen LogP contribution in [0.25, 0.3) is 0 Å². The Morgan fingerprint density at radius 3 is 2.41 bits per heavy atom. The van der Waals surface area contributed by atoms with Crippen LogP contribution in [-0.4, -0.2) is 71.5 Å². The van der Waals surface area contributed by atoms with E-state index in [-0.39, 0.29) is 53.2 Å². The fourth-order valence-corrected chi connectivity index (χ4v) is 10.6. The highest BCUT2D eigenvalue weighted by Gasteiger charge is 2.74. The van der Waals surface area contributed by atoms with Crippen LogP contribution in [0, 0.1) is 33.5 Å². The summed E-state index contributed by atoms with van der Waals surface area (Å²) in [6.07, 6.45) is 12.7.